The molecule has 1 aliphatic carbocycles. The molecule has 0 aromatic heterocycles. The van der Waals surface area contributed by atoms with Crippen LogP contribution in [-0.2, 0) is 12.8 Å². The van der Waals surface area contributed by atoms with Crippen LogP contribution in [0.2, 0.25) is 0 Å². The highest BCUT2D eigenvalue weighted by molar-refractivity contribution is 9.10. The average Bonchev–Trinajstić information content (AvgIpc) is 2.27. The third kappa shape index (κ3) is 1.74. The summed E-state index contributed by atoms with van der Waals surface area (Å²) in [7, 11) is 1.61. The molecule has 2 rings (SSSR count). The lowest BCUT2D eigenvalue weighted by molar-refractivity contribution is 0.409. The van der Waals surface area contributed by atoms with E-state index in [-0.39, 0.29) is 0 Å². The third-order valence-electron chi connectivity index (χ3n) is 2.87. The van der Waals surface area contributed by atoms with Crippen LogP contribution in [0.1, 0.15) is 29.5 Å². The maximum absolute atomic E-state index is 9.18. The summed E-state index contributed by atoms with van der Waals surface area (Å²) >= 11 is 3.45. The first-order valence-electron chi connectivity index (χ1n) is 5.06. The Hall–Kier alpha value is -1.01. The van der Waals surface area contributed by atoms with Crippen LogP contribution in [0.5, 0.6) is 5.75 Å². The summed E-state index contributed by atoms with van der Waals surface area (Å²) < 4.78 is 6.15. The summed E-state index contributed by atoms with van der Waals surface area (Å²) in [5.74, 6) is 0.679. The Morgan fingerprint density at radius 1 is 1.40 bits per heavy atom. The van der Waals surface area contributed by atoms with E-state index in [1.165, 1.54) is 24.0 Å². The first kappa shape index (κ1) is 10.5. The number of halogens is 1. The van der Waals surface area contributed by atoms with E-state index in [2.05, 4.69) is 28.1 Å². The Balaban J connectivity index is 2.66. The number of ether oxygens (including phenoxy) is 1. The lowest BCUT2D eigenvalue weighted by atomic mass is 9.88. The number of hydrogen-bond acceptors (Lipinski definition) is 2. The second kappa shape index (κ2) is 4.24. The van der Waals surface area contributed by atoms with Crippen molar-refractivity contribution in [3.05, 3.63) is 27.2 Å². The molecule has 0 bridgehead atoms. The summed E-state index contributed by atoms with van der Waals surface area (Å²) in [5.41, 5.74) is 3.19. The molecule has 1 aromatic rings. The molecule has 0 saturated carbocycles. The molecule has 0 fully saturated rings. The second-order valence-corrected chi connectivity index (χ2v) is 4.58. The van der Waals surface area contributed by atoms with E-state index in [1.54, 1.807) is 7.11 Å². The molecule has 0 saturated heterocycles. The first-order chi connectivity index (χ1) is 7.27. The summed E-state index contributed by atoms with van der Waals surface area (Å²) in [5, 5.41) is 9.18. The number of aryl methyl sites for hydroxylation is 1. The van der Waals surface area contributed by atoms with Gasteiger partial charge in [0, 0.05) is 0 Å². The molecule has 0 unspecified atom stereocenters. The van der Waals surface area contributed by atoms with E-state index in [9.17, 15) is 5.26 Å². The van der Waals surface area contributed by atoms with Crippen molar-refractivity contribution in [2.24, 2.45) is 0 Å². The van der Waals surface area contributed by atoms with Crippen molar-refractivity contribution in [2.75, 3.05) is 7.11 Å². The average molecular weight is 266 g/mol. The van der Waals surface area contributed by atoms with E-state index in [1.807, 2.05) is 0 Å². The van der Waals surface area contributed by atoms with Crippen LogP contribution in [0.25, 0.3) is 0 Å². The standard InChI is InChI=1S/C12H12BrNO/c1-15-12-10(7-14)9-5-3-2-4-8(9)6-11(12)13/h6H,2-5H2,1H3. The highest BCUT2D eigenvalue weighted by Crippen LogP contribution is 2.36. The Morgan fingerprint density at radius 3 is 2.80 bits per heavy atom. The van der Waals surface area contributed by atoms with E-state index in [0.29, 0.717) is 11.3 Å². The highest BCUT2D eigenvalue weighted by Gasteiger charge is 2.19. The summed E-state index contributed by atoms with van der Waals surface area (Å²) in [6, 6.07) is 4.35. The SMILES string of the molecule is COc1c(Br)cc2c(c1C#N)CCCC2. The number of benzene rings is 1. The van der Waals surface area contributed by atoms with Crippen LogP contribution in [0.3, 0.4) is 0 Å². The lowest BCUT2D eigenvalue weighted by Crippen LogP contribution is -2.07. The Kier molecular flexibility index (Phi) is 2.97. The maximum Gasteiger partial charge on any atom is 0.151 e. The van der Waals surface area contributed by atoms with E-state index in [4.69, 9.17) is 4.74 Å². The van der Waals surface area contributed by atoms with Crippen molar-refractivity contribution >= 4 is 15.9 Å². The van der Waals surface area contributed by atoms with Crippen LogP contribution < -0.4 is 4.74 Å². The number of nitriles is 1. The van der Waals surface area contributed by atoms with Gasteiger partial charge in [0.2, 0.25) is 0 Å². The molecule has 15 heavy (non-hydrogen) atoms. The molecule has 0 N–H and O–H groups in total. The van der Waals surface area contributed by atoms with Crippen LogP contribution in [0.15, 0.2) is 10.5 Å². The molecule has 78 valence electrons. The predicted molar refractivity (Wildman–Crippen MR) is 62.1 cm³/mol. The molecule has 0 spiro atoms. The van der Waals surface area contributed by atoms with Gasteiger partial charge in [-0.25, -0.2) is 0 Å². The Labute approximate surface area is 98.0 Å². The molecule has 0 amide bonds. The molecule has 0 heterocycles. The third-order valence-corrected chi connectivity index (χ3v) is 3.46. The molecule has 1 aliphatic rings. The van der Waals surface area contributed by atoms with Gasteiger partial charge in [-0.3, -0.25) is 0 Å². The number of rotatable bonds is 1. The minimum atomic E-state index is 0.679. The van der Waals surface area contributed by atoms with Gasteiger partial charge in [0.05, 0.1) is 17.1 Å². The molecular weight excluding hydrogens is 254 g/mol. The second-order valence-electron chi connectivity index (χ2n) is 3.72. The van der Waals surface area contributed by atoms with Crippen molar-refractivity contribution in [2.45, 2.75) is 25.7 Å². The molecule has 2 nitrogen and oxygen atoms in total. The van der Waals surface area contributed by atoms with Crippen LogP contribution in [0.4, 0.5) is 0 Å². The molecule has 3 heteroatoms. The zero-order chi connectivity index (χ0) is 10.8. The van der Waals surface area contributed by atoms with Gasteiger partial charge in [-0.2, -0.15) is 5.26 Å². The van der Waals surface area contributed by atoms with E-state index >= 15 is 0 Å². The Bertz CT molecular complexity index is 434. The molecular formula is C12H12BrNO. The van der Waals surface area contributed by atoms with Gasteiger partial charge in [-0.1, -0.05) is 0 Å². The zero-order valence-electron chi connectivity index (χ0n) is 8.64. The number of fused-ring (bicyclic) bond motifs is 1. The number of methoxy groups -OCH3 is 1. The van der Waals surface area contributed by atoms with Crippen LogP contribution >= 0.6 is 15.9 Å². The molecule has 0 aliphatic heterocycles. The monoisotopic (exact) mass is 265 g/mol. The number of nitrogens with zero attached hydrogens (tertiary/aromatic N) is 1. The Morgan fingerprint density at radius 2 is 2.13 bits per heavy atom. The molecule has 1 aromatic carbocycles. The van der Waals surface area contributed by atoms with Crippen molar-refractivity contribution < 1.29 is 4.74 Å². The van der Waals surface area contributed by atoms with Gasteiger partial charge in [0.15, 0.2) is 5.75 Å². The van der Waals surface area contributed by atoms with Gasteiger partial charge >= 0.3 is 0 Å². The van der Waals surface area contributed by atoms with Gasteiger partial charge in [0.1, 0.15) is 6.07 Å². The number of hydrogen-bond donors (Lipinski definition) is 0. The molecule has 0 radical (unpaired) electrons. The smallest absolute Gasteiger partial charge is 0.151 e. The molecule has 0 atom stereocenters. The maximum atomic E-state index is 9.18. The van der Waals surface area contributed by atoms with Gasteiger partial charge in [-0.15, -0.1) is 0 Å². The van der Waals surface area contributed by atoms with Gasteiger partial charge in [-0.05, 0) is 58.8 Å². The minimum absolute atomic E-state index is 0.679. The minimum Gasteiger partial charge on any atom is -0.494 e. The topological polar surface area (TPSA) is 33.0 Å². The zero-order valence-corrected chi connectivity index (χ0v) is 10.2. The van der Waals surface area contributed by atoms with E-state index in [0.717, 1.165) is 17.3 Å². The summed E-state index contributed by atoms with van der Waals surface area (Å²) in [4.78, 5) is 0. The van der Waals surface area contributed by atoms with E-state index < -0.39 is 0 Å². The van der Waals surface area contributed by atoms with Crippen molar-refractivity contribution in [1.82, 2.24) is 0 Å². The quantitative estimate of drug-likeness (QED) is 0.781. The van der Waals surface area contributed by atoms with Crippen LogP contribution in [-0.4, -0.2) is 7.11 Å². The van der Waals surface area contributed by atoms with Crippen molar-refractivity contribution in [1.29, 1.82) is 5.26 Å². The van der Waals surface area contributed by atoms with Crippen molar-refractivity contribution in [3.63, 3.8) is 0 Å². The summed E-state index contributed by atoms with van der Waals surface area (Å²) in [6.45, 7) is 0. The lowest BCUT2D eigenvalue weighted by Gasteiger charge is -2.19. The first-order valence-corrected chi connectivity index (χ1v) is 5.85. The van der Waals surface area contributed by atoms with Gasteiger partial charge < -0.3 is 4.74 Å². The highest BCUT2D eigenvalue weighted by atomic mass is 79.9. The fourth-order valence-corrected chi connectivity index (χ4v) is 2.80. The predicted octanol–water partition coefficient (Wildman–Crippen LogP) is 3.21. The van der Waals surface area contributed by atoms with Crippen LogP contribution in [0, 0.1) is 11.3 Å². The largest absolute Gasteiger partial charge is 0.494 e. The van der Waals surface area contributed by atoms with Gasteiger partial charge in [0.25, 0.3) is 0 Å². The fraction of sp³-hybridized carbons (Fsp3) is 0.417. The normalized spacial score (nSPS) is 14.2. The fourth-order valence-electron chi connectivity index (χ4n) is 2.17. The van der Waals surface area contributed by atoms with Crippen molar-refractivity contribution in [3.8, 4) is 11.8 Å². The summed E-state index contributed by atoms with van der Waals surface area (Å²) in [6.07, 6.45) is 4.47.